The lowest BCUT2D eigenvalue weighted by atomic mass is 10.5. The summed E-state index contributed by atoms with van der Waals surface area (Å²) in [6, 6.07) is 0. The van der Waals surface area contributed by atoms with Gasteiger partial charge in [-0.05, 0) is 0 Å². The Balaban J connectivity index is 3.24. The van der Waals surface area contributed by atoms with Crippen LogP contribution in [0.4, 0.5) is 13.2 Å². The highest BCUT2D eigenvalue weighted by molar-refractivity contribution is 7.13. The van der Waals surface area contributed by atoms with Crippen molar-refractivity contribution in [3.63, 3.8) is 0 Å². The number of thiazole rings is 1. The number of H-pyrrole nitrogens is 1. The highest BCUT2D eigenvalue weighted by Gasteiger charge is 2.35. The zero-order chi connectivity index (χ0) is 8.65. The van der Waals surface area contributed by atoms with E-state index in [0.717, 1.165) is 0 Å². The largest absolute Gasteiger partial charge is 0.433 e. The SMILES string of the molecule is O=c1[nH]c(C(F)(F)F)c(Cl)s1. The van der Waals surface area contributed by atoms with Gasteiger partial charge in [-0.15, -0.1) is 0 Å². The van der Waals surface area contributed by atoms with Gasteiger partial charge in [0.2, 0.25) is 0 Å². The molecule has 11 heavy (non-hydrogen) atoms. The average Bonchev–Trinajstić information content (AvgIpc) is 2.08. The van der Waals surface area contributed by atoms with Crippen molar-refractivity contribution in [3.05, 3.63) is 19.7 Å². The van der Waals surface area contributed by atoms with E-state index in [0.29, 0.717) is 11.3 Å². The maximum absolute atomic E-state index is 11.8. The summed E-state index contributed by atoms with van der Waals surface area (Å²) in [5.74, 6) is 0. The molecular formula is C4HClF3NOS. The van der Waals surface area contributed by atoms with Crippen molar-refractivity contribution in [1.82, 2.24) is 4.98 Å². The van der Waals surface area contributed by atoms with Gasteiger partial charge < -0.3 is 4.98 Å². The fourth-order valence-corrected chi connectivity index (χ4v) is 1.44. The van der Waals surface area contributed by atoms with Crippen molar-refractivity contribution in [2.24, 2.45) is 0 Å². The Hall–Kier alpha value is -0.490. The molecule has 0 aliphatic rings. The molecule has 7 heteroatoms. The van der Waals surface area contributed by atoms with Crippen molar-refractivity contribution in [3.8, 4) is 0 Å². The van der Waals surface area contributed by atoms with Crippen molar-refractivity contribution in [1.29, 1.82) is 0 Å². The van der Waals surface area contributed by atoms with Crippen molar-refractivity contribution >= 4 is 22.9 Å². The Kier molecular flexibility index (Phi) is 1.98. The lowest BCUT2D eigenvalue weighted by molar-refractivity contribution is -0.140. The van der Waals surface area contributed by atoms with Crippen LogP contribution < -0.4 is 4.87 Å². The summed E-state index contributed by atoms with van der Waals surface area (Å²) in [7, 11) is 0. The average molecular weight is 204 g/mol. The van der Waals surface area contributed by atoms with Crippen LogP contribution >= 0.6 is 22.9 Å². The predicted molar refractivity (Wildman–Crippen MR) is 35.0 cm³/mol. The van der Waals surface area contributed by atoms with Gasteiger partial charge in [-0.25, -0.2) is 0 Å². The lowest BCUT2D eigenvalue weighted by Crippen LogP contribution is -2.08. The molecule has 0 saturated heterocycles. The molecule has 0 spiro atoms. The Labute approximate surface area is 67.6 Å². The summed E-state index contributed by atoms with van der Waals surface area (Å²) in [5, 5.41) is 0. The van der Waals surface area contributed by atoms with Crippen LogP contribution in [0.2, 0.25) is 4.34 Å². The van der Waals surface area contributed by atoms with E-state index in [1.54, 1.807) is 4.98 Å². The molecule has 0 fully saturated rings. The van der Waals surface area contributed by atoms with Crippen molar-refractivity contribution in [2.45, 2.75) is 6.18 Å². The first kappa shape index (κ1) is 8.61. The number of halogens is 4. The first-order chi connectivity index (χ1) is 4.91. The Morgan fingerprint density at radius 3 is 2.18 bits per heavy atom. The number of rotatable bonds is 0. The quantitative estimate of drug-likeness (QED) is 0.688. The summed E-state index contributed by atoms with van der Waals surface area (Å²) in [5.41, 5.74) is -1.17. The summed E-state index contributed by atoms with van der Waals surface area (Å²) in [6.07, 6.45) is -4.57. The molecule has 2 nitrogen and oxygen atoms in total. The van der Waals surface area contributed by atoms with Gasteiger partial charge in [0.1, 0.15) is 4.34 Å². The molecule has 1 aromatic heterocycles. The van der Waals surface area contributed by atoms with Crippen LogP contribution in [0.25, 0.3) is 0 Å². The second-order valence-electron chi connectivity index (χ2n) is 1.66. The predicted octanol–water partition coefficient (Wildman–Crippen LogP) is 2.11. The molecule has 62 valence electrons. The second-order valence-corrected chi connectivity index (χ2v) is 3.25. The number of alkyl halides is 3. The minimum atomic E-state index is -4.57. The molecule has 0 aliphatic carbocycles. The van der Waals surface area contributed by atoms with E-state index < -0.39 is 21.1 Å². The number of aromatic amines is 1. The van der Waals surface area contributed by atoms with Gasteiger partial charge in [0.05, 0.1) is 0 Å². The highest BCUT2D eigenvalue weighted by Crippen LogP contribution is 2.33. The number of nitrogens with one attached hydrogen (secondary N) is 1. The van der Waals surface area contributed by atoms with Crippen LogP contribution in [-0.4, -0.2) is 4.98 Å². The van der Waals surface area contributed by atoms with E-state index in [1.807, 2.05) is 0 Å². The van der Waals surface area contributed by atoms with Crippen molar-refractivity contribution in [2.75, 3.05) is 0 Å². The molecule has 1 heterocycles. The summed E-state index contributed by atoms with van der Waals surface area (Å²) >= 11 is 5.43. The van der Waals surface area contributed by atoms with E-state index in [2.05, 4.69) is 0 Å². The Bertz CT molecular complexity index is 314. The monoisotopic (exact) mass is 203 g/mol. The fraction of sp³-hybridized carbons (Fsp3) is 0.250. The van der Waals surface area contributed by atoms with Crippen LogP contribution in [0, 0.1) is 0 Å². The zero-order valence-corrected chi connectivity index (χ0v) is 6.40. The van der Waals surface area contributed by atoms with Gasteiger partial charge >= 0.3 is 11.0 Å². The normalized spacial score (nSPS) is 12.0. The lowest BCUT2D eigenvalue weighted by Gasteiger charge is -2.01. The maximum atomic E-state index is 11.8. The first-order valence-electron chi connectivity index (χ1n) is 2.37. The number of hydrogen-bond acceptors (Lipinski definition) is 2. The first-order valence-corrected chi connectivity index (χ1v) is 3.56. The van der Waals surface area contributed by atoms with E-state index in [4.69, 9.17) is 11.6 Å². The molecule has 0 unspecified atom stereocenters. The molecule has 0 aliphatic heterocycles. The third-order valence-electron chi connectivity index (χ3n) is 0.889. The van der Waals surface area contributed by atoms with Crippen LogP contribution in [0.1, 0.15) is 5.69 Å². The Morgan fingerprint density at radius 1 is 1.45 bits per heavy atom. The standard InChI is InChI=1S/C4HClF3NOS/c5-2-1(4(6,7)8)9-3(10)11-2/h(H,9,10). The van der Waals surface area contributed by atoms with Crippen molar-refractivity contribution < 1.29 is 13.2 Å². The molecule has 0 saturated carbocycles. The highest BCUT2D eigenvalue weighted by atomic mass is 35.5. The smallest absolute Gasteiger partial charge is 0.307 e. The molecule has 1 aromatic rings. The summed E-state index contributed by atoms with van der Waals surface area (Å²) in [6.45, 7) is 0. The topological polar surface area (TPSA) is 32.9 Å². The van der Waals surface area contributed by atoms with Gasteiger partial charge in [0, 0.05) is 0 Å². The summed E-state index contributed by atoms with van der Waals surface area (Å²) in [4.78, 5) is 11.1. The second kappa shape index (κ2) is 2.53. The van der Waals surface area contributed by atoms with Gasteiger partial charge in [-0.3, -0.25) is 4.79 Å². The molecule has 1 N–H and O–H groups in total. The van der Waals surface area contributed by atoms with Gasteiger partial charge in [-0.2, -0.15) is 13.2 Å². The third kappa shape index (κ3) is 1.75. The minimum Gasteiger partial charge on any atom is -0.307 e. The fourth-order valence-electron chi connectivity index (χ4n) is 0.491. The van der Waals surface area contributed by atoms with Gasteiger partial charge in [-0.1, -0.05) is 22.9 Å². The molecule has 0 atom stereocenters. The molecule has 0 amide bonds. The van der Waals surface area contributed by atoms with E-state index in [9.17, 15) is 18.0 Å². The van der Waals surface area contributed by atoms with Gasteiger partial charge in [0.25, 0.3) is 0 Å². The van der Waals surface area contributed by atoms with E-state index >= 15 is 0 Å². The maximum Gasteiger partial charge on any atom is 0.433 e. The van der Waals surface area contributed by atoms with E-state index in [1.165, 1.54) is 0 Å². The van der Waals surface area contributed by atoms with Gasteiger partial charge in [0.15, 0.2) is 5.69 Å². The Morgan fingerprint density at radius 2 is 2.00 bits per heavy atom. The number of aromatic nitrogens is 1. The van der Waals surface area contributed by atoms with Crippen LogP contribution in [0.3, 0.4) is 0 Å². The molecule has 0 bridgehead atoms. The molecule has 0 aromatic carbocycles. The molecular weight excluding hydrogens is 203 g/mol. The van der Waals surface area contributed by atoms with Crippen LogP contribution in [0.5, 0.6) is 0 Å². The summed E-state index contributed by atoms with van der Waals surface area (Å²) < 4.78 is 34.9. The minimum absolute atomic E-state index is 0.330. The molecule has 1 rings (SSSR count). The molecule has 0 radical (unpaired) electrons. The van der Waals surface area contributed by atoms with Crippen LogP contribution in [0.15, 0.2) is 4.79 Å². The van der Waals surface area contributed by atoms with E-state index in [-0.39, 0.29) is 0 Å². The third-order valence-corrected chi connectivity index (χ3v) is 1.98. The van der Waals surface area contributed by atoms with Crippen LogP contribution in [-0.2, 0) is 6.18 Å². The zero-order valence-electron chi connectivity index (χ0n) is 4.83. The number of hydrogen-bond donors (Lipinski definition) is 1.